The van der Waals surface area contributed by atoms with E-state index >= 15 is 0 Å². The van der Waals surface area contributed by atoms with E-state index in [1.165, 1.54) is 0 Å². The summed E-state index contributed by atoms with van der Waals surface area (Å²) in [4.78, 5) is 11.9. The number of carboxylic acids is 1. The molecule has 4 heteroatoms. The third kappa shape index (κ3) is 2.18. The van der Waals surface area contributed by atoms with E-state index in [2.05, 4.69) is 0 Å². The summed E-state index contributed by atoms with van der Waals surface area (Å²) >= 11 is 1.61. The molecule has 0 bridgehead atoms. The standard InChI is InChI=1S/C15H10O3S/c16-12-5-6-13-11(7-12)8-14(19-13)9-1-3-10(4-2-9)15(17)18/h1-8,16H,(H,17,18). The Balaban J connectivity index is 2.06. The molecule has 3 rings (SSSR count). The number of hydrogen-bond acceptors (Lipinski definition) is 3. The molecule has 2 N–H and O–H groups in total. The highest BCUT2D eigenvalue weighted by atomic mass is 32.1. The average molecular weight is 270 g/mol. The predicted molar refractivity (Wildman–Crippen MR) is 75.9 cm³/mol. The van der Waals surface area contributed by atoms with Crippen LogP contribution in [0, 0.1) is 0 Å². The van der Waals surface area contributed by atoms with Gasteiger partial charge in [-0.25, -0.2) is 4.79 Å². The molecule has 0 unspecified atom stereocenters. The Bertz CT molecular complexity index is 757. The molecule has 0 amide bonds. The van der Waals surface area contributed by atoms with Crippen molar-refractivity contribution in [1.82, 2.24) is 0 Å². The summed E-state index contributed by atoms with van der Waals surface area (Å²) < 4.78 is 1.09. The van der Waals surface area contributed by atoms with Crippen LogP contribution in [-0.4, -0.2) is 16.2 Å². The second-order valence-corrected chi connectivity index (χ2v) is 5.30. The number of rotatable bonds is 2. The third-order valence-electron chi connectivity index (χ3n) is 2.92. The van der Waals surface area contributed by atoms with Crippen molar-refractivity contribution >= 4 is 27.4 Å². The summed E-state index contributed by atoms with van der Waals surface area (Å²) in [6, 6.07) is 14.1. The van der Waals surface area contributed by atoms with Crippen molar-refractivity contribution in [2.24, 2.45) is 0 Å². The third-order valence-corrected chi connectivity index (χ3v) is 4.08. The van der Waals surface area contributed by atoms with Crippen LogP contribution in [0.5, 0.6) is 5.75 Å². The van der Waals surface area contributed by atoms with Crippen molar-refractivity contribution < 1.29 is 15.0 Å². The molecule has 0 aliphatic heterocycles. The summed E-state index contributed by atoms with van der Waals surface area (Å²) in [7, 11) is 0. The van der Waals surface area contributed by atoms with Crippen molar-refractivity contribution in [3.05, 3.63) is 54.1 Å². The number of hydrogen-bond donors (Lipinski definition) is 2. The first-order valence-corrected chi connectivity index (χ1v) is 6.51. The fraction of sp³-hybridized carbons (Fsp3) is 0. The molecule has 0 aliphatic rings. The molecule has 3 nitrogen and oxygen atoms in total. The van der Waals surface area contributed by atoms with Crippen LogP contribution in [0.2, 0.25) is 0 Å². The van der Waals surface area contributed by atoms with E-state index in [0.29, 0.717) is 0 Å². The Morgan fingerprint density at radius 3 is 2.42 bits per heavy atom. The maximum atomic E-state index is 10.8. The zero-order valence-corrected chi connectivity index (χ0v) is 10.6. The van der Waals surface area contributed by atoms with Gasteiger partial charge in [-0.3, -0.25) is 0 Å². The fourth-order valence-electron chi connectivity index (χ4n) is 1.95. The molecular formula is C15H10O3S. The number of phenols is 1. The van der Waals surface area contributed by atoms with Gasteiger partial charge >= 0.3 is 5.97 Å². The molecule has 19 heavy (non-hydrogen) atoms. The monoisotopic (exact) mass is 270 g/mol. The SMILES string of the molecule is O=C(O)c1ccc(-c2cc3cc(O)ccc3s2)cc1. The lowest BCUT2D eigenvalue weighted by Gasteiger charge is -1.98. The van der Waals surface area contributed by atoms with Crippen molar-refractivity contribution in [2.45, 2.75) is 0 Å². The topological polar surface area (TPSA) is 57.5 Å². The molecule has 0 saturated heterocycles. The number of benzene rings is 2. The predicted octanol–water partition coefficient (Wildman–Crippen LogP) is 3.97. The van der Waals surface area contributed by atoms with Crippen LogP contribution >= 0.6 is 11.3 Å². The molecule has 1 heterocycles. The van der Waals surface area contributed by atoms with E-state index in [9.17, 15) is 9.90 Å². The number of aromatic hydroxyl groups is 1. The van der Waals surface area contributed by atoms with E-state index in [4.69, 9.17) is 5.11 Å². The number of carboxylic acid groups (broad SMARTS) is 1. The second kappa shape index (κ2) is 4.40. The van der Waals surface area contributed by atoms with Crippen molar-refractivity contribution in [2.75, 3.05) is 0 Å². The Morgan fingerprint density at radius 2 is 1.74 bits per heavy atom. The summed E-state index contributed by atoms with van der Waals surface area (Å²) in [5.74, 6) is -0.675. The largest absolute Gasteiger partial charge is 0.508 e. The smallest absolute Gasteiger partial charge is 0.335 e. The van der Waals surface area contributed by atoms with E-state index in [1.54, 1.807) is 47.7 Å². The minimum Gasteiger partial charge on any atom is -0.508 e. The molecule has 3 aromatic rings. The molecule has 1 aromatic heterocycles. The van der Waals surface area contributed by atoms with Gasteiger partial charge in [-0.1, -0.05) is 12.1 Å². The maximum absolute atomic E-state index is 10.8. The lowest BCUT2D eigenvalue weighted by molar-refractivity contribution is 0.0697. The second-order valence-electron chi connectivity index (χ2n) is 4.22. The van der Waals surface area contributed by atoms with E-state index in [0.717, 1.165) is 20.5 Å². The molecule has 0 radical (unpaired) electrons. The highest BCUT2D eigenvalue weighted by Crippen LogP contribution is 2.35. The maximum Gasteiger partial charge on any atom is 0.335 e. The average Bonchev–Trinajstić information content (AvgIpc) is 2.81. The number of aromatic carboxylic acids is 1. The van der Waals surface area contributed by atoms with Crippen molar-refractivity contribution in [1.29, 1.82) is 0 Å². The van der Waals surface area contributed by atoms with Crippen LogP contribution in [0.3, 0.4) is 0 Å². The van der Waals surface area contributed by atoms with E-state index in [-0.39, 0.29) is 11.3 Å². The molecule has 94 valence electrons. The summed E-state index contributed by atoms with van der Waals surface area (Å²) in [5.41, 5.74) is 1.26. The minimum atomic E-state index is -0.923. The van der Waals surface area contributed by atoms with Crippen LogP contribution in [-0.2, 0) is 0 Å². The van der Waals surface area contributed by atoms with Crippen LogP contribution < -0.4 is 0 Å². The first-order valence-electron chi connectivity index (χ1n) is 5.70. The van der Waals surface area contributed by atoms with E-state index < -0.39 is 5.97 Å². The van der Waals surface area contributed by atoms with E-state index in [1.807, 2.05) is 12.1 Å². The first-order chi connectivity index (χ1) is 9.13. The van der Waals surface area contributed by atoms with Gasteiger partial charge in [0.1, 0.15) is 5.75 Å². The van der Waals surface area contributed by atoms with Gasteiger partial charge in [0.25, 0.3) is 0 Å². The highest BCUT2D eigenvalue weighted by molar-refractivity contribution is 7.22. The van der Waals surface area contributed by atoms with Gasteiger partial charge in [-0.2, -0.15) is 0 Å². The van der Waals surface area contributed by atoms with Gasteiger partial charge in [0.05, 0.1) is 5.56 Å². The Labute approximate surface area is 113 Å². The quantitative estimate of drug-likeness (QED) is 0.740. The zero-order valence-electron chi connectivity index (χ0n) is 9.83. The van der Waals surface area contributed by atoms with Crippen LogP contribution in [0.25, 0.3) is 20.5 Å². The summed E-state index contributed by atoms with van der Waals surface area (Å²) in [6.07, 6.45) is 0. The molecule has 0 fully saturated rings. The van der Waals surface area contributed by atoms with Crippen molar-refractivity contribution in [3.63, 3.8) is 0 Å². The fourth-order valence-corrected chi connectivity index (χ4v) is 3.00. The number of fused-ring (bicyclic) bond motifs is 1. The number of carbonyl (C=O) groups is 1. The summed E-state index contributed by atoms with van der Waals surface area (Å²) in [5, 5.41) is 19.3. The number of thiophene rings is 1. The van der Waals surface area contributed by atoms with Gasteiger partial charge in [0.15, 0.2) is 0 Å². The highest BCUT2D eigenvalue weighted by Gasteiger charge is 2.07. The lowest BCUT2D eigenvalue weighted by atomic mass is 10.1. The van der Waals surface area contributed by atoms with Gasteiger partial charge in [0, 0.05) is 9.58 Å². The summed E-state index contributed by atoms with van der Waals surface area (Å²) in [6.45, 7) is 0. The minimum absolute atomic E-state index is 0.248. The van der Waals surface area contributed by atoms with Crippen LogP contribution in [0.15, 0.2) is 48.5 Å². The molecule has 0 saturated carbocycles. The van der Waals surface area contributed by atoms with Gasteiger partial charge in [-0.05, 0) is 47.3 Å². The van der Waals surface area contributed by atoms with Gasteiger partial charge < -0.3 is 10.2 Å². The normalized spacial score (nSPS) is 10.7. The molecule has 0 aliphatic carbocycles. The zero-order chi connectivity index (χ0) is 13.4. The van der Waals surface area contributed by atoms with Crippen LogP contribution in [0.1, 0.15) is 10.4 Å². The first kappa shape index (κ1) is 11.7. The Hall–Kier alpha value is -2.33. The van der Waals surface area contributed by atoms with Gasteiger partial charge in [0.2, 0.25) is 0 Å². The molecule has 0 atom stereocenters. The number of phenolic OH excluding ortho intramolecular Hbond substituents is 1. The van der Waals surface area contributed by atoms with Crippen molar-refractivity contribution in [3.8, 4) is 16.2 Å². The molecule has 2 aromatic carbocycles. The molecule has 0 spiro atoms. The molecular weight excluding hydrogens is 260 g/mol. The Kier molecular flexibility index (Phi) is 2.72. The van der Waals surface area contributed by atoms with Gasteiger partial charge in [-0.15, -0.1) is 11.3 Å². The van der Waals surface area contributed by atoms with Crippen LogP contribution in [0.4, 0.5) is 0 Å². The lowest BCUT2D eigenvalue weighted by Crippen LogP contribution is -1.94. The Morgan fingerprint density at radius 1 is 1.00 bits per heavy atom.